The fourth-order valence-corrected chi connectivity index (χ4v) is 1.71. The highest BCUT2D eigenvalue weighted by atomic mass is 79.9. The van der Waals surface area contributed by atoms with Crippen LogP contribution in [0.2, 0.25) is 0 Å². The number of azo groups is 1. The summed E-state index contributed by atoms with van der Waals surface area (Å²) in [4.78, 5) is 11.5. The molecule has 0 bridgehead atoms. The van der Waals surface area contributed by atoms with Crippen LogP contribution in [0.25, 0.3) is 0 Å². The summed E-state index contributed by atoms with van der Waals surface area (Å²) < 4.78 is 0.889. The van der Waals surface area contributed by atoms with E-state index >= 15 is 0 Å². The van der Waals surface area contributed by atoms with Gasteiger partial charge in [0.05, 0.1) is 5.69 Å². The second-order valence-electron chi connectivity index (χ2n) is 3.48. The molecule has 4 nitrogen and oxygen atoms in total. The summed E-state index contributed by atoms with van der Waals surface area (Å²) in [5.41, 5.74) is 1.31. The Morgan fingerprint density at radius 3 is 2.56 bits per heavy atom. The molecule has 0 aliphatic carbocycles. The van der Waals surface area contributed by atoms with E-state index in [0.29, 0.717) is 11.4 Å². The Balaban J connectivity index is 1.99. The van der Waals surface area contributed by atoms with Gasteiger partial charge in [0.25, 0.3) is 0 Å². The predicted molar refractivity (Wildman–Crippen MR) is 74.1 cm³/mol. The van der Waals surface area contributed by atoms with Gasteiger partial charge in [-0.15, -0.1) is 5.11 Å². The molecule has 0 fully saturated rings. The van der Waals surface area contributed by atoms with Crippen LogP contribution in [0.3, 0.4) is 0 Å². The molecule has 0 spiro atoms. The third kappa shape index (κ3) is 3.78. The molecule has 0 atom stereocenters. The first-order chi connectivity index (χ1) is 8.74. The summed E-state index contributed by atoms with van der Waals surface area (Å²) in [5.74, 6) is 0. The topological polar surface area (TPSA) is 53.8 Å². The van der Waals surface area contributed by atoms with Crippen molar-refractivity contribution in [3.05, 3.63) is 59.1 Å². The standard InChI is InChI=1S/C13H10BrN3O/c14-10-5-4-8-12(9-10)15-13(18)17-16-11-6-2-1-3-7-11/h1-9H,(H,15,18). The SMILES string of the molecule is O=C(N=Nc1ccccc1)Nc1cccc(Br)c1. The summed E-state index contributed by atoms with van der Waals surface area (Å²) in [6.07, 6.45) is 0. The summed E-state index contributed by atoms with van der Waals surface area (Å²) in [6, 6.07) is 15.9. The summed E-state index contributed by atoms with van der Waals surface area (Å²) in [5, 5.41) is 10.0. The van der Waals surface area contributed by atoms with Crippen LogP contribution in [-0.4, -0.2) is 6.03 Å². The van der Waals surface area contributed by atoms with Crippen molar-refractivity contribution in [1.82, 2.24) is 0 Å². The smallest absolute Gasteiger partial charge is 0.305 e. The van der Waals surface area contributed by atoms with Gasteiger partial charge in [-0.3, -0.25) is 0 Å². The number of nitrogens with one attached hydrogen (secondary N) is 1. The first-order valence-corrected chi connectivity index (χ1v) is 6.07. The van der Waals surface area contributed by atoms with Gasteiger partial charge in [-0.25, -0.2) is 4.79 Å². The quantitative estimate of drug-likeness (QED) is 0.799. The highest BCUT2D eigenvalue weighted by Gasteiger charge is 2.00. The number of rotatable bonds is 2. The van der Waals surface area contributed by atoms with E-state index in [4.69, 9.17) is 0 Å². The molecule has 2 aromatic carbocycles. The molecule has 0 heterocycles. The summed E-state index contributed by atoms with van der Waals surface area (Å²) in [6.45, 7) is 0. The average Bonchev–Trinajstić information content (AvgIpc) is 2.38. The average molecular weight is 304 g/mol. The van der Waals surface area contributed by atoms with Crippen LogP contribution in [0.5, 0.6) is 0 Å². The van der Waals surface area contributed by atoms with E-state index in [1.807, 2.05) is 30.3 Å². The summed E-state index contributed by atoms with van der Waals surface area (Å²) in [7, 11) is 0. The number of benzene rings is 2. The van der Waals surface area contributed by atoms with Crippen LogP contribution < -0.4 is 5.32 Å². The van der Waals surface area contributed by atoms with Gasteiger partial charge in [-0.2, -0.15) is 0 Å². The van der Waals surface area contributed by atoms with Crippen LogP contribution in [0.1, 0.15) is 0 Å². The van der Waals surface area contributed by atoms with E-state index in [0.717, 1.165) is 4.47 Å². The lowest BCUT2D eigenvalue weighted by Gasteiger charge is -2.00. The van der Waals surface area contributed by atoms with Crippen molar-refractivity contribution in [1.29, 1.82) is 0 Å². The molecule has 18 heavy (non-hydrogen) atoms. The molecule has 0 aromatic heterocycles. The third-order valence-corrected chi connectivity index (χ3v) is 2.58. The molecule has 2 rings (SSSR count). The van der Waals surface area contributed by atoms with Crippen LogP contribution in [0.4, 0.5) is 16.2 Å². The number of halogens is 1. The van der Waals surface area contributed by atoms with E-state index in [2.05, 4.69) is 31.5 Å². The number of carbonyl (C=O) groups excluding carboxylic acids is 1. The Kier molecular flexibility index (Phi) is 4.20. The van der Waals surface area contributed by atoms with E-state index < -0.39 is 6.03 Å². The lowest BCUT2D eigenvalue weighted by atomic mass is 10.3. The van der Waals surface area contributed by atoms with Crippen LogP contribution in [0, 0.1) is 0 Å². The molecule has 0 radical (unpaired) electrons. The first kappa shape index (κ1) is 12.4. The van der Waals surface area contributed by atoms with Crippen molar-refractivity contribution in [2.75, 3.05) is 5.32 Å². The van der Waals surface area contributed by atoms with E-state index in [1.54, 1.807) is 24.3 Å². The zero-order valence-electron chi connectivity index (χ0n) is 9.38. The zero-order chi connectivity index (χ0) is 12.8. The number of anilines is 1. The molecule has 0 aliphatic heterocycles. The minimum Gasteiger partial charge on any atom is -0.305 e. The number of nitrogens with zero attached hydrogens (tertiary/aromatic N) is 2. The molecule has 2 amide bonds. The number of urea groups is 1. The van der Waals surface area contributed by atoms with Crippen molar-refractivity contribution in [2.45, 2.75) is 0 Å². The highest BCUT2D eigenvalue weighted by Crippen LogP contribution is 2.16. The third-order valence-electron chi connectivity index (χ3n) is 2.09. The summed E-state index contributed by atoms with van der Waals surface area (Å²) >= 11 is 3.32. The molecule has 1 N–H and O–H groups in total. The van der Waals surface area contributed by atoms with E-state index in [-0.39, 0.29) is 0 Å². The molecule has 0 saturated carbocycles. The van der Waals surface area contributed by atoms with Crippen molar-refractivity contribution >= 4 is 33.3 Å². The van der Waals surface area contributed by atoms with Crippen molar-refractivity contribution in [3.8, 4) is 0 Å². The van der Waals surface area contributed by atoms with Gasteiger partial charge in [0.15, 0.2) is 0 Å². The Bertz CT molecular complexity index is 569. The molecule has 90 valence electrons. The second-order valence-corrected chi connectivity index (χ2v) is 4.39. The predicted octanol–water partition coefficient (Wildman–Crippen LogP) is 4.76. The fourth-order valence-electron chi connectivity index (χ4n) is 1.31. The van der Waals surface area contributed by atoms with Gasteiger partial charge >= 0.3 is 6.03 Å². The zero-order valence-corrected chi connectivity index (χ0v) is 11.0. The highest BCUT2D eigenvalue weighted by molar-refractivity contribution is 9.10. The van der Waals surface area contributed by atoms with Gasteiger partial charge < -0.3 is 5.32 Å². The number of amides is 2. The monoisotopic (exact) mass is 303 g/mol. The van der Waals surface area contributed by atoms with Gasteiger partial charge in [-0.1, -0.05) is 45.3 Å². The molecule has 0 saturated heterocycles. The van der Waals surface area contributed by atoms with Gasteiger partial charge in [0, 0.05) is 10.2 Å². The lowest BCUT2D eigenvalue weighted by molar-refractivity contribution is 0.258. The van der Waals surface area contributed by atoms with Crippen molar-refractivity contribution in [2.24, 2.45) is 10.2 Å². The Hall–Kier alpha value is -2.01. The lowest BCUT2D eigenvalue weighted by Crippen LogP contribution is -2.04. The molecule has 2 aromatic rings. The second kappa shape index (κ2) is 6.07. The first-order valence-electron chi connectivity index (χ1n) is 5.27. The molecule has 0 unspecified atom stereocenters. The van der Waals surface area contributed by atoms with Crippen LogP contribution in [0.15, 0.2) is 69.3 Å². The Labute approximate surface area is 113 Å². The van der Waals surface area contributed by atoms with Crippen molar-refractivity contribution in [3.63, 3.8) is 0 Å². The van der Waals surface area contributed by atoms with Crippen molar-refractivity contribution < 1.29 is 4.79 Å². The molecular weight excluding hydrogens is 294 g/mol. The largest absolute Gasteiger partial charge is 0.364 e. The molecule has 5 heteroatoms. The van der Waals surface area contributed by atoms with Gasteiger partial charge in [0.1, 0.15) is 0 Å². The molecule has 0 aliphatic rings. The maximum Gasteiger partial charge on any atom is 0.364 e. The van der Waals surface area contributed by atoms with Gasteiger partial charge in [-0.05, 0) is 30.3 Å². The van der Waals surface area contributed by atoms with Crippen LogP contribution >= 0.6 is 15.9 Å². The number of carbonyl (C=O) groups is 1. The minimum absolute atomic E-state index is 0.503. The van der Waals surface area contributed by atoms with E-state index in [1.165, 1.54) is 0 Å². The van der Waals surface area contributed by atoms with E-state index in [9.17, 15) is 4.79 Å². The maximum atomic E-state index is 11.5. The molecular formula is C13H10BrN3O. The number of hydrogen-bond donors (Lipinski definition) is 1. The van der Waals surface area contributed by atoms with Gasteiger partial charge in [0.2, 0.25) is 0 Å². The Morgan fingerprint density at radius 2 is 1.83 bits per heavy atom. The Morgan fingerprint density at radius 1 is 1.06 bits per heavy atom. The van der Waals surface area contributed by atoms with Crippen LogP contribution in [-0.2, 0) is 0 Å². The maximum absolute atomic E-state index is 11.5. The fraction of sp³-hybridized carbons (Fsp3) is 0. The number of hydrogen-bond acceptors (Lipinski definition) is 2. The minimum atomic E-state index is -0.503. The normalized spacial score (nSPS) is 10.5.